The van der Waals surface area contributed by atoms with Gasteiger partial charge in [-0.05, 0) is 19.4 Å². The summed E-state index contributed by atoms with van der Waals surface area (Å²) in [7, 11) is 1.86. The van der Waals surface area contributed by atoms with Gasteiger partial charge in [0.2, 0.25) is 5.91 Å². The molecule has 4 aromatic heterocycles. The molecule has 1 aliphatic heterocycles. The number of morpholine rings is 1. The van der Waals surface area contributed by atoms with Crippen molar-refractivity contribution in [1.29, 1.82) is 0 Å². The molecule has 1 unspecified atom stereocenters. The lowest BCUT2D eigenvalue weighted by Gasteiger charge is -2.31. The lowest BCUT2D eigenvalue weighted by molar-refractivity contribution is -0.119. The van der Waals surface area contributed by atoms with Gasteiger partial charge in [-0.25, -0.2) is 4.52 Å². The summed E-state index contributed by atoms with van der Waals surface area (Å²) in [5, 5.41) is 14.4. The fourth-order valence-corrected chi connectivity index (χ4v) is 5.15. The van der Waals surface area contributed by atoms with Crippen molar-refractivity contribution in [1.82, 2.24) is 29.3 Å². The van der Waals surface area contributed by atoms with Crippen LogP contribution in [-0.2, 0) is 16.6 Å². The van der Waals surface area contributed by atoms with Gasteiger partial charge in [-0.2, -0.15) is 10.2 Å². The summed E-state index contributed by atoms with van der Waals surface area (Å²) in [6.07, 6.45) is 9.80. The third-order valence-corrected chi connectivity index (χ3v) is 7.26. The molecular weight excluding hydrogens is 480 g/mol. The number of carbonyl (C=O) groups is 2. The van der Waals surface area contributed by atoms with Gasteiger partial charge < -0.3 is 15.4 Å². The molecule has 0 bridgehead atoms. The first-order valence-corrected chi connectivity index (χ1v) is 12.6. The van der Waals surface area contributed by atoms with E-state index >= 15 is 0 Å². The number of carbonyl (C=O) groups excluding carboxylic acids is 2. The molecule has 2 N–H and O–H groups in total. The second-order valence-corrected chi connectivity index (χ2v) is 9.83. The van der Waals surface area contributed by atoms with Crippen molar-refractivity contribution in [3.63, 3.8) is 0 Å². The average Bonchev–Trinajstić information content (AvgIpc) is 3.57. The van der Waals surface area contributed by atoms with Gasteiger partial charge >= 0.3 is 0 Å². The van der Waals surface area contributed by atoms with Crippen LogP contribution in [0.25, 0.3) is 15.3 Å². The number of nitrogens with one attached hydrogen (secondary N) is 2. The van der Waals surface area contributed by atoms with Gasteiger partial charge in [0.1, 0.15) is 4.83 Å². The van der Waals surface area contributed by atoms with Crippen LogP contribution in [0.2, 0.25) is 0 Å². The molecule has 188 valence electrons. The van der Waals surface area contributed by atoms with Crippen LogP contribution in [0.15, 0.2) is 37.1 Å². The maximum Gasteiger partial charge on any atom is 0.260 e. The highest BCUT2D eigenvalue weighted by atomic mass is 32.1. The number of rotatable bonds is 7. The number of aromatic nitrogens is 5. The molecule has 0 radical (unpaired) electrons. The second-order valence-electron chi connectivity index (χ2n) is 8.80. The van der Waals surface area contributed by atoms with Crippen LogP contribution in [0.3, 0.4) is 0 Å². The summed E-state index contributed by atoms with van der Waals surface area (Å²) < 4.78 is 9.10. The molecule has 12 heteroatoms. The highest BCUT2D eigenvalue weighted by molar-refractivity contribution is 7.21. The molecule has 5 rings (SSSR count). The topological polar surface area (TPSA) is 119 Å². The first-order valence-electron chi connectivity index (χ1n) is 11.8. The fourth-order valence-electron chi connectivity index (χ4n) is 4.12. The number of fused-ring (bicyclic) bond motifs is 1. The molecule has 5 heterocycles. The van der Waals surface area contributed by atoms with Crippen LogP contribution < -0.4 is 10.6 Å². The molecule has 0 aromatic carbocycles. The van der Waals surface area contributed by atoms with E-state index in [2.05, 4.69) is 37.6 Å². The molecule has 2 amide bonds. The maximum absolute atomic E-state index is 13.1. The zero-order valence-electron chi connectivity index (χ0n) is 20.4. The van der Waals surface area contributed by atoms with Crippen molar-refractivity contribution in [2.75, 3.05) is 36.9 Å². The van der Waals surface area contributed by atoms with E-state index in [1.54, 1.807) is 40.8 Å². The monoisotopic (exact) mass is 508 g/mol. The van der Waals surface area contributed by atoms with Crippen molar-refractivity contribution in [2.24, 2.45) is 7.05 Å². The van der Waals surface area contributed by atoms with E-state index in [0.717, 1.165) is 34.8 Å². The van der Waals surface area contributed by atoms with Gasteiger partial charge in [-0.3, -0.25) is 24.2 Å². The Kier molecular flexibility index (Phi) is 6.81. The van der Waals surface area contributed by atoms with E-state index in [0.29, 0.717) is 29.2 Å². The fraction of sp³-hybridized carbons (Fsp3) is 0.375. The summed E-state index contributed by atoms with van der Waals surface area (Å²) in [5.74, 6) is -0.425. The lowest BCUT2D eigenvalue weighted by Crippen LogP contribution is -2.45. The zero-order valence-corrected chi connectivity index (χ0v) is 21.2. The van der Waals surface area contributed by atoms with Gasteiger partial charge in [0, 0.05) is 38.1 Å². The minimum absolute atomic E-state index is 0.130. The van der Waals surface area contributed by atoms with Crippen molar-refractivity contribution in [3.05, 3.63) is 48.3 Å². The van der Waals surface area contributed by atoms with Crippen molar-refractivity contribution in [3.8, 4) is 10.4 Å². The maximum atomic E-state index is 13.1. The average molecular weight is 509 g/mol. The Balaban J connectivity index is 1.27. The number of ether oxygens (including phenoxy) is 1. The Labute approximate surface area is 212 Å². The van der Waals surface area contributed by atoms with Crippen LogP contribution in [0.1, 0.15) is 29.4 Å². The first-order chi connectivity index (χ1) is 17.4. The van der Waals surface area contributed by atoms with E-state index in [1.807, 2.05) is 19.4 Å². The molecule has 0 spiro atoms. The molecular formula is C24H28N8O3S. The van der Waals surface area contributed by atoms with Crippen molar-refractivity contribution >= 4 is 39.4 Å². The number of pyridine rings is 1. The Hall–Kier alpha value is -3.61. The Bertz CT molecular complexity index is 1410. The lowest BCUT2D eigenvalue weighted by atomic mass is 10.2. The summed E-state index contributed by atoms with van der Waals surface area (Å²) in [5.41, 5.74) is 3.12. The highest BCUT2D eigenvalue weighted by Gasteiger charge is 2.21. The predicted octanol–water partition coefficient (Wildman–Crippen LogP) is 2.80. The van der Waals surface area contributed by atoms with Gasteiger partial charge in [0.15, 0.2) is 0 Å². The highest BCUT2D eigenvalue weighted by Crippen LogP contribution is 2.30. The van der Waals surface area contributed by atoms with Crippen LogP contribution in [-0.4, -0.2) is 73.4 Å². The third-order valence-electron chi connectivity index (χ3n) is 6.09. The number of aryl methyl sites for hydroxylation is 2. The minimum atomic E-state index is -0.295. The van der Waals surface area contributed by atoms with E-state index in [4.69, 9.17) is 4.74 Å². The van der Waals surface area contributed by atoms with E-state index in [-0.39, 0.29) is 24.5 Å². The Morgan fingerprint density at radius 1 is 1.19 bits per heavy atom. The van der Waals surface area contributed by atoms with Crippen molar-refractivity contribution in [2.45, 2.75) is 26.4 Å². The molecule has 4 aromatic rings. The number of nitrogens with zero attached hydrogens (tertiary/aromatic N) is 6. The number of anilines is 2. The summed E-state index contributed by atoms with van der Waals surface area (Å²) >= 11 is 1.47. The first kappa shape index (κ1) is 24.1. The molecule has 0 saturated carbocycles. The van der Waals surface area contributed by atoms with Gasteiger partial charge in [-0.15, -0.1) is 11.3 Å². The number of hydrogen-bond acceptors (Lipinski definition) is 8. The smallest absolute Gasteiger partial charge is 0.260 e. The molecule has 1 aliphatic rings. The summed E-state index contributed by atoms with van der Waals surface area (Å²) in [6.45, 7) is 6.26. The molecule has 1 fully saturated rings. The van der Waals surface area contributed by atoms with Crippen LogP contribution in [0.4, 0.5) is 11.4 Å². The largest absolute Gasteiger partial charge is 0.376 e. The van der Waals surface area contributed by atoms with E-state index in [1.165, 1.54) is 11.3 Å². The predicted molar refractivity (Wildman–Crippen MR) is 137 cm³/mol. The van der Waals surface area contributed by atoms with E-state index in [9.17, 15) is 9.59 Å². The minimum Gasteiger partial charge on any atom is -0.376 e. The SMILES string of the molecule is CCC1CN(CC(=O)Nc2cnc(C)c(NC(=O)c3cnn4cc(-c5cnn(C)c5)sc34)c2)CCO1. The molecule has 1 atom stereocenters. The number of thiazole rings is 1. The Morgan fingerprint density at radius 3 is 2.83 bits per heavy atom. The molecule has 0 aliphatic carbocycles. The summed E-state index contributed by atoms with van der Waals surface area (Å²) in [4.78, 5) is 33.9. The van der Waals surface area contributed by atoms with Crippen molar-refractivity contribution < 1.29 is 14.3 Å². The van der Waals surface area contributed by atoms with Gasteiger partial charge in [0.25, 0.3) is 5.91 Å². The normalized spacial score (nSPS) is 16.4. The van der Waals surface area contributed by atoms with E-state index < -0.39 is 0 Å². The number of hydrogen-bond donors (Lipinski definition) is 2. The van der Waals surface area contributed by atoms with Crippen LogP contribution in [0.5, 0.6) is 0 Å². The summed E-state index contributed by atoms with van der Waals surface area (Å²) in [6, 6.07) is 1.72. The molecule has 36 heavy (non-hydrogen) atoms. The van der Waals surface area contributed by atoms with Crippen LogP contribution >= 0.6 is 11.3 Å². The van der Waals surface area contributed by atoms with Gasteiger partial charge in [0.05, 0.1) is 65.4 Å². The quantitative estimate of drug-likeness (QED) is 0.394. The third kappa shape index (κ3) is 5.15. The van der Waals surface area contributed by atoms with Gasteiger partial charge in [-0.1, -0.05) is 6.92 Å². The second kappa shape index (κ2) is 10.2. The Morgan fingerprint density at radius 2 is 2.06 bits per heavy atom. The number of amides is 2. The molecule has 1 saturated heterocycles. The standard InChI is InChI=1S/C24H28N8O3S/c1-4-18-12-31(5-6-35-18)14-22(33)28-17-7-20(15(2)25-9-17)29-23(34)19-10-27-32-13-21(36-24(19)32)16-8-26-30(3)11-16/h7-11,13,18H,4-6,12,14H2,1-3H3,(H,28,33)(H,29,34). The molecule has 11 nitrogen and oxygen atoms in total. The van der Waals surface area contributed by atoms with Crippen LogP contribution in [0, 0.1) is 6.92 Å². The zero-order chi connectivity index (χ0) is 25.2.